The van der Waals surface area contributed by atoms with Crippen LogP contribution in [0, 0.1) is 24.0 Å². The minimum Gasteiger partial charge on any atom is -0.434 e. The van der Waals surface area contributed by atoms with E-state index < -0.39 is 10.6 Å². The van der Waals surface area contributed by atoms with E-state index in [1.165, 1.54) is 6.33 Å². The zero-order chi connectivity index (χ0) is 19.6. The molecular weight excluding hydrogens is 391 g/mol. The number of nitro groups is 1. The molecule has 138 valence electrons. The van der Waals surface area contributed by atoms with Gasteiger partial charge in [-0.05, 0) is 55.3 Å². The van der Waals surface area contributed by atoms with E-state index >= 15 is 0 Å². The summed E-state index contributed by atoms with van der Waals surface area (Å²) in [6.07, 6.45) is 1.17. The first-order chi connectivity index (χ1) is 12.8. The smallest absolute Gasteiger partial charge is 0.373 e. The predicted octanol–water partition coefficient (Wildman–Crippen LogP) is 5.84. The van der Waals surface area contributed by atoms with Crippen molar-refractivity contribution in [3.8, 4) is 11.6 Å². The lowest BCUT2D eigenvalue weighted by atomic mass is 10.1. The van der Waals surface area contributed by atoms with Crippen LogP contribution in [-0.2, 0) is 0 Å². The molecule has 27 heavy (non-hydrogen) atoms. The lowest BCUT2D eigenvalue weighted by molar-refractivity contribution is -0.385. The van der Waals surface area contributed by atoms with Crippen LogP contribution in [0.3, 0.4) is 0 Å². The van der Waals surface area contributed by atoms with Crippen LogP contribution in [0.25, 0.3) is 0 Å². The van der Waals surface area contributed by atoms with E-state index in [1.807, 2.05) is 19.9 Å². The molecule has 7 nitrogen and oxygen atoms in total. The van der Waals surface area contributed by atoms with Crippen LogP contribution < -0.4 is 10.1 Å². The molecule has 0 unspecified atom stereocenters. The van der Waals surface area contributed by atoms with E-state index in [9.17, 15) is 10.1 Å². The Bertz CT molecular complexity index is 1010. The average Bonchev–Trinajstić information content (AvgIpc) is 2.57. The second-order valence-electron chi connectivity index (χ2n) is 5.81. The van der Waals surface area contributed by atoms with Crippen molar-refractivity contribution in [2.75, 3.05) is 5.32 Å². The summed E-state index contributed by atoms with van der Waals surface area (Å²) in [5, 5.41) is 15.2. The fourth-order valence-electron chi connectivity index (χ4n) is 2.52. The van der Waals surface area contributed by atoms with Crippen LogP contribution in [-0.4, -0.2) is 14.9 Å². The van der Waals surface area contributed by atoms with E-state index in [0.717, 1.165) is 11.1 Å². The fourth-order valence-corrected chi connectivity index (χ4v) is 2.85. The highest BCUT2D eigenvalue weighted by Crippen LogP contribution is 2.37. The number of benzene rings is 2. The van der Waals surface area contributed by atoms with Crippen LogP contribution in [0.4, 0.5) is 17.2 Å². The molecule has 0 spiro atoms. The third-order valence-electron chi connectivity index (χ3n) is 3.56. The molecule has 1 N–H and O–H groups in total. The maximum atomic E-state index is 11.7. The first-order valence-corrected chi connectivity index (χ1v) is 8.56. The first kappa shape index (κ1) is 18.9. The number of anilines is 2. The van der Waals surface area contributed by atoms with Crippen molar-refractivity contribution in [1.82, 2.24) is 9.97 Å². The highest BCUT2D eigenvalue weighted by atomic mass is 35.5. The molecule has 0 aliphatic rings. The fraction of sp³-hybridized carbons (Fsp3) is 0.111. The molecule has 0 aliphatic heterocycles. The summed E-state index contributed by atoms with van der Waals surface area (Å²) >= 11 is 12.1. The van der Waals surface area contributed by atoms with Crippen molar-refractivity contribution in [2.45, 2.75) is 13.8 Å². The molecule has 1 heterocycles. The zero-order valence-corrected chi connectivity index (χ0v) is 15.9. The van der Waals surface area contributed by atoms with Gasteiger partial charge in [-0.2, -0.15) is 4.98 Å². The lowest BCUT2D eigenvalue weighted by Crippen LogP contribution is -2.04. The molecule has 2 aromatic carbocycles. The molecule has 0 atom stereocenters. The molecule has 3 rings (SSSR count). The maximum Gasteiger partial charge on any atom is 0.373 e. The summed E-state index contributed by atoms with van der Waals surface area (Å²) < 4.78 is 5.67. The summed E-state index contributed by atoms with van der Waals surface area (Å²) in [4.78, 5) is 18.9. The van der Waals surface area contributed by atoms with Crippen molar-refractivity contribution < 1.29 is 9.66 Å². The van der Waals surface area contributed by atoms with Crippen LogP contribution in [0.15, 0.2) is 42.7 Å². The van der Waals surface area contributed by atoms with Gasteiger partial charge in [-0.1, -0.05) is 29.3 Å². The van der Waals surface area contributed by atoms with Crippen LogP contribution in [0.2, 0.25) is 10.0 Å². The second kappa shape index (κ2) is 7.77. The van der Waals surface area contributed by atoms with Crippen molar-refractivity contribution in [2.24, 2.45) is 0 Å². The van der Waals surface area contributed by atoms with Crippen molar-refractivity contribution in [3.05, 3.63) is 74.0 Å². The highest BCUT2D eigenvalue weighted by Gasteiger charge is 2.26. The number of aryl methyl sites for hydroxylation is 2. The number of nitrogens with one attached hydrogen (secondary N) is 1. The van der Waals surface area contributed by atoms with E-state index in [0.29, 0.717) is 21.5 Å². The van der Waals surface area contributed by atoms with E-state index in [2.05, 4.69) is 15.3 Å². The third kappa shape index (κ3) is 4.45. The zero-order valence-electron chi connectivity index (χ0n) is 14.4. The summed E-state index contributed by atoms with van der Waals surface area (Å²) in [7, 11) is 0. The van der Waals surface area contributed by atoms with Crippen molar-refractivity contribution in [3.63, 3.8) is 0 Å². The Labute approximate surface area is 165 Å². The number of nitrogens with zero attached hydrogens (tertiary/aromatic N) is 3. The van der Waals surface area contributed by atoms with Gasteiger partial charge in [0.15, 0.2) is 0 Å². The van der Waals surface area contributed by atoms with Crippen molar-refractivity contribution in [1.29, 1.82) is 0 Å². The number of hydrogen-bond donors (Lipinski definition) is 1. The molecule has 1 aromatic heterocycles. The standard InChI is InChI=1S/C18H14Cl2N4O3/c1-10-5-11(2)7-13(6-10)27-18-16(24(25)26)17(21-9-22-18)23-15-8-12(19)3-4-14(15)20/h3-9H,1-2H3,(H,21,22,23). The van der Waals surface area contributed by atoms with Gasteiger partial charge in [0.1, 0.15) is 12.1 Å². The quantitative estimate of drug-likeness (QED) is 0.423. The maximum absolute atomic E-state index is 11.7. The predicted molar refractivity (Wildman–Crippen MR) is 104 cm³/mol. The van der Waals surface area contributed by atoms with Gasteiger partial charge in [0.2, 0.25) is 5.82 Å². The van der Waals surface area contributed by atoms with E-state index in [1.54, 1.807) is 30.3 Å². The Morgan fingerprint density at radius 1 is 1.07 bits per heavy atom. The Balaban J connectivity index is 2.02. The largest absolute Gasteiger partial charge is 0.434 e. The van der Waals surface area contributed by atoms with E-state index in [4.69, 9.17) is 27.9 Å². The van der Waals surface area contributed by atoms with Gasteiger partial charge in [0.05, 0.1) is 15.6 Å². The Morgan fingerprint density at radius 3 is 2.44 bits per heavy atom. The molecule has 0 aliphatic carbocycles. The number of ether oxygens (including phenoxy) is 1. The highest BCUT2D eigenvalue weighted by molar-refractivity contribution is 6.35. The topological polar surface area (TPSA) is 90.2 Å². The first-order valence-electron chi connectivity index (χ1n) is 7.81. The molecule has 0 radical (unpaired) electrons. The SMILES string of the molecule is Cc1cc(C)cc(Oc2ncnc(Nc3cc(Cl)ccc3Cl)c2[N+](=O)[O-])c1. The molecule has 0 bridgehead atoms. The van der Waals surface area contributed by atoms with E-state index in [-0.39, 0.29) is 11.7 Å². The summed E-state index contributed by atoms with van der Waals surface area (Å²) in [5.41, 5.74) is 1.90. The van der Waals surface area contributed by atoms with Gasteiger partial charge in [0.25, 0.3) is 0 Å². The Morgan fingerprint density at radius 2 is 1.78 bits per heavy atom. The van der Waals surface area contributed by atoms with Gasteiger partial charge in [0, 0.05) is 5.02 Å². The minimum absolute atomic E-state index is 0.0569. The number of aromatic nitrogens is 2. The molecule has 9 heteroatoms. The Kier molecular flexibility index (Phi) is 5.43. The molecule has 0 fully saturated rings. The lowest BCUT2D eigenvalue weighted by Gasteiger charge is -2.11. The molecule has 0 saturated heterocycles. The monoisotopic (exact) mass is 404 g/mol. The van der Waals surface area contributed by atoms with Gasteiger partial charge in [-0.15, -0.1) is 0 Å². The summed E-state index contributed by atoms with van der Waals surface area (Å²) in [6, 6.07) is 10.2. The molecular formula is C18H14Cl2N4O3. The van der Waals surface area contributed by atoms with Crippen molar-refractivity contribution >= 4 is 40.4 Å². The average molecular weight is 405 g/mol. The molecule has 3 aromatic rings. The minimum atomic E-state index is -0.612. The number of hydrogen-bond acceptors (Lipinski definition) is 6. The van der Waals surface area contributed by atoms with Crippen LogP contribution >= 0.6 is 23.2 Å². The molecule has 0 saturated carbocycles. The van der Waals surface area contributed by atoms with Crippen LogP contribution in [0.1, 0.15) is 11.1 Å². The summed E-state index contributed by atoms with van der Waals surface area (Å²) in [6.45, 7) is 3.81. The Hall–Kier alpha value is -2.90. The normalized spacial score (nSPS) is 10.5. The van der Waals surface area contributed by atoms with Crippen LogP contribution in [0.5, 0.6) is 11.6 Å². The second-order valence-corrected chi connectivity index (χ2v) is 6.65. The molecule has 0 amide bonds. The number of rotatable bonds is 5. The van der Waals surface area contributed by atoms with Gasteiger partial charge < -0.3 is 10.1 Å². The van der Waals surface area contributed by atoms with Gasteiger partial charge in [-0.3, -0.25) is 10.1 Å². The summed E-state index contributed by atoms with van der Waals surface area (Å²) in [5.74, 6) is 0.209. The third-order valence-corrected chi connectivity index (χ3v) is 4.13. The van der Waals surface area contributed by atoms with Gasteiger partial charge >= 0.3 is 11.6 Å². The van der Waals surface area contributed by atoms with Gasteiger partial charge in [-0.25, -0.2) is 4.98 Å². The number of halogens is 2.